The lowest BCUT2D eigenvalue weighted by Gasteiger charge is -2.33. The van der Waals surface area contributed by atoms with E-state index in [1.54, 1.807) is 62.4 Å². The van der Waals surface area contributed by atoms with Crippen LogP contribution in [-0.2, 0) is 32.6 Å². The number of rotatable bonds is 12. The van der Waals surface area contributed by atoms with Gasteiger partial charge in [0, 0.05) is 23.1 Å². The Balaban J connectivity index is 2.07. The van der Waals surface area contributed by atoms with Gasteiger partial charge < -0.3 is 10.2 Å². The van der Waals surface area contributed by atoms with Crippen LogP contribution in [0.15, 0.2) is 77.7 Å². The Kier molecular flexibility index (Phi) is 10.8. The average Bonchev–Trinajstić information content (AvgIpc) is 2.93. The van der Waals surface area contributed by atoms with E-state index < -0.39 is 28.5 Å². The van der Waals surface area contributed by atoms with E-state index in [0.29, 0.717) is 34.3 Å². The van der Waals surface area contributed by atoms with Gasteiger partial charge in [-0.05, 0) is 67.3 Å². The summed E-state index contributed by atoms with van der Waals surface area (Å²) in [6.07, 6.45) is 1.10. The van der Waals surface area contributed by atoms with E-state index in [0.717, 1.165) is 16.3 Å². The van der Waals surface area contributed by atoms with Gasteiger partial charge in [0.2, 0.25) is 11.8 Å². The first-order chi connectivity index (χ1) is 18.6. The minimum Gasteiger partial charge on any atom is -0.355 e. The van der Waals surface area contributed by atoms with Crippen molar-refractivity contribution in [2.45, 2.75) is 51.1 Å². The molecule has 0 unspecified atom stereocenters. The first-order valence-corrected chi connectivity index (χ1v) is 15.0. The average molecular weight is 591 g/mol. The Labute approximate surface area is 240 Å². The number of sulfonamides is 1. The molecule has 0 bridgehead atoms. The van der Waals surface area contributed by atoms with Gasteiger partial charge in [0.15, 0.2) is 0 Å². The molecular formula is C29H33Cl2N3O4S. The summed E-state index contributed by atoms with van der Waals surface area (Å²) in [5.74, 6) is -0.874. The molecule has 0 saturated heterocycles. The Hall–Kier alpha value is -3.07. The fourth-order valence-electron chi connectivity index (χ4n) is 4.19. The molecule has 0 heterocycles. The van der Waals surface area contributed by atoms with E-state index in [2.05, 4.69) is 5.32 Å². The zero-order chi connectivity index (χ0) is 28.6. The van der Waals surface area contributed by atoms with Crippen LogP contribution in [0.1, 0.15) is 38.3 Å². The lowest BCUT2D eigenvalue weighted by atomic mass is 10.1. The summed E-state index contributed by atoms with van der Waals surface area (Å²) < 4.78 is 28.7. The fraction of sp³-hybridized carbons (Fsp3) is 0.310. The quantitative estimate of drug-likeness (QED) is 0.294. The smallest absolute Gasteiger partial charge is 0.264 e. The number of benzene rings is 3. The highest BCUT2D eigenvalue weighted by Gasteiger charge is 2.33. The van der Waals surface area contributed by atoms with Crippen molar-refractivity contribution in [2.75, 3.05) is 17.4 Å². The molecule has 0 radical (unpaired) electrons. The number of nitrogens with zero attached hydrogens (tertiary/aromatic N) is 2. The number of carbonyl (C=O) groups excluding carboxylic acids is 2. The number of carbonyl (C=O) groups is 2. The van der Waals surface area contributed by atoms with E-state index in [4.69, 9.17) is 23.2 Å². The lowest BCUT2D eigenvalue weighted by molar-refractivity contribution is -0.140. The third-order valence-electron chi connectivity index (χ3n) is 6.34. The molecule has 0 aliphatic heterocycles. The molecule has 0 aliphatic carbocycles. The van der Waals surface area contributed by atoms with Crippen LogP contribution in [0.4, 0.5) is 5.69 Å². The summed E-state index contributed by atoms with van der Waals surface area (Å²) in [5.41, 5.74) is 1.96. The Morgan fingerprint density at radius 3 is 2.15 bits per heavy atom. The number of aryl methyl sites for hydroxylation is 1. The summed E-state index contributed by atoms with van der Waals surface area (Å²) in [6, 6.07) is 19.1. The Bertz CT molecular complexity index is 1380. The van der Waals surface area contributed by atoms with Gasteiger partial charge in [-0.15, -0.1) is 0 Å². The maximum Gasteiger partial charge on any atom is 0.264 e. The molecule has 2 amide bonds. The third kappa shape index (κ3) is 7.53. The van der Waals surface area contributed by atoms with Crippen LogP contribution in [0.2, 0.25) is 10.0 Å². The third-order valence-corrected chi connectivity index (χ3v) is 8.71. The molecule has 3 rings (SSSR count). The molecule has 0 spiro atoms. The molecule has 1 N–H and O–H groups in total. The maximum atomic E-state index is 14.0. The van der Waals surface area contributed by atoms with Crippen LogP contribution in [-0.4, -0.2) is 44.3 Å². The highest BCUT2D eigenvalue weighted by Crippen LogP contribution is 2.27. The van der Waals surface area contributed by atoms with Crippen molar-refractivity contribution < 1.29 is 18.0 Å². The van der Waals surface area contributed by atoms with E-state index in [9.17, 15) is 18.0 Å². The van der Waals surface area contributed by atoms with E-state index in [1.165, 1.54) is 17.0 Å². The summed E-state index contributed by atoms with van der Waals surface area (Å²) >= 11 is 12.5. The van der Waals surface area contributed by atoms with Crippen molar-refractivity contribution >= 4 is 50.7 Å². The lowest BCUT2D eigenvalue weighted by Crippen LogP contribution is -2.52. The molecule has 7 nitrogen and oxygen atoms in total. The van der Waals surface area contributed by atoms with Crippen molar-refractivity contribution in [1.82, 2.24) is 10.2 Å². The molecule has 3 aromatic carbocycles. The number of nitrogens with one attached hydrogen (secondary N) is 1. The van der Waals surface area contributed by atoms with Crippen LogP contribution in [0, 0.1) is 0 Å². The number of hydrogen-bond acceptors (Lipinski definition) is 4. The van der Waals surface area contributed by atoms with Gasteiger partial charge in [0.05, 0.1) is 10.6 Å². The highest BCUT2D eigenvalue weighted by atomic mass is 35.5. The molecule has 10 heteroatoms. The van der Waals surface area contributed by atoms with Gasteiger partial charge in [-0.3, -0.25) is 13.9 Å². The van der Waals surface area contributed by atoms with E-state index in [-0.39, 0.29) is 17.3 Å². The van der Waals surface area contributed by atoms with E-state index >= 15 is 0 Å². The summed E-state index contributed by atoms with van der Waals surface area (Å²) in [7, 11) is -4.11. The van der Waals surface area contributed by atoms with Gasteiger partial charge in [-0.1, -0.05) is 73.4 Å². The Morgan fingerprint density at radius 1 is 0.923 bits per heavy atom. The fourth-order valence-corrected chi connectivity index (χ4v) is 6.09. The molecule has 1 atom stereocenters. The number of likely N-dealkylation sites (N-methyl/N-ethyl adjacent to an activating group) is 1. The predicted octanol–water partition coefficient (Wildman–Crippen LogP) is 5.69. The Morgan fingerprint density at radius 2 is 1.59 bits per heavy atom. The molecule has 0 aromatic heterocycles. The second-order valence-corrected chi connectivity index (χ2v) is 11.6. The van der Waals surface area contributed by atoms with Crippen molar-refractivity contribution in [3.05, 3.63) is 94.0 Å². The van der Waals surface area contributed by atoms with E-state index in [1.807, 2.05) is 19.1 Å². The normalized spacial score (nSPS) is 12.0. The van der Waals surface area contributed by atoms with Crippen molar-refractivity contribution in [3.8, 4) is 0 Å². The predicted molar refractivity (Wildman–Crippen MR) is 157 cm³/mol. The van der Waals surface area contributed by atoms with Gasteiger partial charge in [0.1, 0.15) is 12.6 Å². The van der Waals surface area contributed by atoms with Gasteiger partial charge in [0.25, 0.3) is 10.0 Å². The van der Waals surface area contributed by atoms with Crippen molar-refractivity contribution in [2.24, 2.45) is 0 Å². The minimum absolute atomic E-state index is 0.00151. The molecule has 0 aliphatic rings. The van der Waals surface area contributed by atoms with Crippen LogP contribution in [0.5, 0.6) is 0 Å². The SMILES string of the molecule is CCNC(=O)[C@H](CC)N(Cc1ccc(Cl)cc1Cl)C(=O)CN(c1ccc(CC)cc1)S(=O)(=O)c1ccccc1. The second-order valence-electron chi connectivity index (χ2n) is 8.92. The summed E-state index contributed by atoms with van der Waals surface area (Å²) in [6.45, 7) is 5.47. The van der Waals surface area contributed by atoms with Gasteiger partial charge >= 0.3 is 0 Å². The molecule has 3 aromatic rings. The largest absolute Gasteiger partial charge is 0.355 e. The summed E-state index contributed by atoms with van der Waals surface area (Å²) in [5, 5.41) is 3.56. The maximum absolute atomic E-state index is 14.0. The second kappa shape index (κ2) is 13.8. The number of hydrogen-bond donors (Lipinski definition) is 1. The first kappa shape index (κ1) is 30.5. The molecular weight excluding hydrogens is 557 g/mol. The molecule has 208 valence electrons. The molecule has 39 heavy (non-hydrogen) atoms. The van der Waals surface area contributed by atoms with Crippen LogP contribution >= 0.6 is 23.2 Å². The zero-order valence-electron chi connectivity index (χ0n) is 22.2. The summed E-state index contributed by atoms with van der Waals surface area (Å²) in [4.78, 5) is 28.4. The van der Waals surface area contributed by atoms with Crippen LogP contribution < -0.4 is 9.62 Å². The minimum atomic E-state index is -4.11. The number of anilines is 1. The van der Waals surface area contributed by atoms with Crippen molar-refractivity contribution in [3.63, 3.8) is 0 Å². The van der Waals surface area contributed by atoms with Crippen molar-refractivity contribution in [1.29, 1.82) is 0 Å². The topological polar surface area (TPSA) is 86.8 Å². The zero-order valence-corrected chi connectivity index (χ0v) is 24.6. The van der Waals surface area contributed by atoms with Gasteiger partial charge in [-0.2, -0.15) is 0 Å². The van der Waals surface area contributed by atoms with Crippen LogP contribution in [0.25, 0.3) is 0 Å². The first-order valence-electron chi connectivity index (χ1n) is 12.8. The highest BCUT2D eigenvalue weighted by molar-refractivity contribution is 7.92. The number of halogens is 2. The molecule has 0 saturated carbocycles. The van der Waals surface area contributed by atoms with Crippen LogP contribution in [0.3, 0.4) is 0 Å². The van der Waals surface area contributed by atoms with Gasteiger partial charge in [-0.25, -0.2) is 8.42 Å². The monoisotopic (exact) mass is 589 g/mol. The molecule has 0 fully saturated rings. The number of amides is 2. The standard InChI is InChI=1S/C29H33Cl2N3O4S/c1-4-21-12-16-24(17-13-21)34(39(37,38)25-10-8-7-9-11-25)20-28(35)33(27(5-2)29(36)32-6-3)19-22-14-15-23(30)18-26(22)31/h7-18,27H,4-6,19-20H2,1-3H3,(H,32,36)/t27-/m0/s1.